The summed E-state index contributed by atoms with van der Waals surface area (Å²) in [6, 6.07) is 1.37. The Kier molecular flexibility index (Phi) is 5.52. The molecule has 7 nitrogen and oxygen atoms in total. The van der Waals surface area contributed by atoms with Crippen LogP contribution in [0.2, 0.25) is 18.1 Å². The fourth-order valence-corrected chi connectivity index (χ4v) is 4.55. The van der Waals surface area contributed by atoms with Crippen LogP contribution in [0.3, 0.4) is 0 Å². The number of fused-ring (bicyclic) bond motifs is 3. The van der Waals surface area contributed by atoms with Crippen LogP contribution in [-0.4, -0.2) is 42.3 Å². The molecular formula is C18H25F3O7SSi. The molecule has 1 aromatic carbocycles. The lowest BCUT2D eigenvalue weighted by Gasteiger charge is -2.37. The summed E-state index contributed by atoms with van der Waals surface area (Å²) in [6.45, 7) is 10.6. The normalized spacial score (nSPS) is 21.6. The van der Waals surface area contributed by atoms with E-state index >= 15 is 0 Å². The molecule has 1 aromatic rings. The van der Waals surface area contributed by atoms with Crippen molar-refractivity contribution in [2.75, 3.05) is 13.7 Å². The molecule has 2 atom stereocenters. The molecule has 2 aliphatic rings. The lowest BCUT2D eigenvalue weighted by atomic mass is 9.97. The van der Waals surface area contributed by atoms with Crippen molar-refractivity contribution < 1.29 is 44.4 Å². The first kappa shape index (κ1) is 23.0. The van der Waals surface area contributed by atoms with Crippen molar-refractivity contribution in [1.29, 1.82) is 0 Å². The first-order valence-corrected chi connectivity index (χ1v) is 13.6. The van der Waals surface area contributed by atoms with E-state index in [0.717, 1.165) is 0 Å². The highest BCUT2D eigenvalue weighted by Crippen LogP contribution is 2.57. The SMILES string of the molecule is COc1cc(O[Si](C)(C)C(C)(C)C)c2c(c1OS(=O)(=O)C(F)(F)F)O[C@H]1OCC[C@@H]21. The van der Waals surface area contributed by atoms with Crippen molar-refractivity contribution in [2.45, 2.75) is 63.0 Å². The molecule has 30 heavy (non-hydrogen) atoms. The Morgan fingerprint density at radius 1 is 1.17 bits per heavy atom. The predicted octanol–water partition coefficient (Wildman–Crippen LogP) is 4.53. The van der Waals surface area contributed by atoms with Gasteiger partial charge >= 0.3 is 15.6 Å². The summed E-state index contributed by atoms with van der Waals surface area (Å²) in [7, 11) is -7.09. The molecule has 0 aliphatic carbocycles. The van der Waals surface area contributed by atoms with Gasteiger partial charge in [0.2, 0.25) is 20.4 Å². The quantitative estimate of drug-likeness (QED) is 0.355. The smallest absolute Gasteiger partial charge is 0.534 e. The van der Waals surface area contributed by atoms with Crippen molar-refractivity contribution in [3.05, 3.63) is 11.6 Å². The zero-order valence-corrected chi connectivity index (χ0v) is 19.4. The molecule has 0 N–H and O–H groups in total. The highest BCUT2D eigenvalue weighted by atomic mass is 32.2. The van der Waals surface area contributed by atoms with Crippen molar-refractivity contribution in [3.63, 3.8) is 0 Å². The highest BCUT2D eigenvalue weighted by molar-refractivity contribution is 7.88. The molecule has 3 rings (SSSR count). The molecule has 0 aromatic heterocycles. The van der Waals surface area contributed by atoms with E-state index in [2.05, 4.69) is 4.18 Å². The van der Waals surface area contributed by atoms with Gasteiger partial charge in [0, 0.05) is 11.6 Å². The van der Waals surface area contributed by atoms with Gasteiger partial charge in [-0.15, -0.1) is 0 Å². The minimum Gasteiger partial charge on any atom is -0.543 e. The number of ether oxygens (including phenoxy) is 3. The van der Waals surface area contributed by atoms with Crippen LogP contribution in [0, 0.1) is 0 Å². The van der Waals surface area contributed by atoms with Crippen LogP contribution in [-0.2, 0) is 14.9 Å². The Balaban J connectivity index is 2.17. The lowest BCUT2D eigenvalue weighted by Crippen LogP contribution is -2.44. The predicted molar refractivity (Wildman–Crippen MR) is 104 cm³/mol. The van der Waals surface area contributed by atoms with Crippen molar-refractivity contribution in [3.8, 4) is 23.0 Å². The second kappa shape index (κ2) is 7.19. The lowest BCUT2D eigenvalue weighted by molar-refractivity contribution is -0.0505. The summed E-state index contributed by atoms with van der Waals surface area (Å²) in [6.07, 6.45) is -0.214. The van der Waals surface area contributed by atoms with Crippen LogP contribution in [0.5, 0.6) is 23.0 Å². The molecule has 170 valence electrons. The van der Waals surface area contributed by atoms with Gasteiger partial charge in [0.15, 0.2) is 11.5 Å². The number of hydrogen-bond donors (Lipinski definition) is 0. The van der Waals surface area contributed by atoms with E-state index in [1.165, 1.54) is 13.2 Å². The fraction of sp³-hybridized carbons (Fsp3) is 0.667. The number of halogens is 3. The number of benzene rings is 1. The molecule has 12 heteroatoms. The van der Waals surface area contributed by atoms with E-state index in [4.69, 9.17) is 18.6 Å². The minimum atomic E-state index is -5.93. The van der Waals surface area contributed by atoms with Crippen LogP contribution < -0.4 is 18.1 Å². The van der Waals surface area contributed by atoms with Gasteiger partial charge < -0.3 is 22.8 Å². The molecule has 0 spiro atoms. The number of methoxy groups -OCH3 is 1. The van der Waals surface area contributed by atoms with Gasteiger partial charge in [0.25, 0.3) is 0 Å². The van der Waals surface area contributed by atoms with Crippen molar-refractivity contribution in [2.24, 2.45) is 0 Å². The van der Waals surface area contributed by atoms with E-state index in [1.54, 1.807) is 0 Å². The Labute approximate surface area is 174 Å². The van der Waals surface area contributed by atoms with E-state index in [-0.39, 0.29) is 22.5 Å². The van der Waals surface area contributed by atoms with Crippen LogP contribution in [0.15, 0.2) is 6.07 Å². The summed E-state index contributed by atoms with van der Waals surface area (Å²) in [4.78, 5) is 0. The second-order valence-electron chi connectivity index (χ2n) is 8.75. The number of rotatable bonds is 5. The molecule has 1 fully saturated rings. The summed E-state index contributed by atoms with van der Waals surface area (Å²) >= 11 is 0. The third-order valence-electron chi connectivity index (χ3n) is 5.71. The molecule has 0 bridgehead atoms. The Morgan fingerprint density at radius 3 is 2.33 bits per heavy atom. The first-order valence-electron chi connectivity index (χ1n) is 9.32. The fourth-order valence-electron chi connectivity index (χ4n) is 3.05. The van der Waals surface area contributed by atoms with Gasteiger partial charge in [-0.3, -0.25) is 0 Å². The molecule has 0 radical (unpaired) electrons. The second-order valence-corrected chi connectivity index (χ2v) is 15.0. The summed E-state index contributed by atoms with van der Waals surface area (Å²) in [5.74, 6) is -1.00. The van der Waals surface area contributed by atoms with E-state index in [0.29, 0.717) is 24.3 Å². The highest BCUT2D eigenvalue weighted by Gasteiger charge is 2.52. The molecule has 0 amide bonds. The van der Waals surface area contributed by atoms with Gasteiger partial charge in [-0.1, -0.05) is 20.8 Å². The van der Waals surface area contributed by atoms with Crippen LogP contribution in [0.4, 0.5) is 13.2 Å². The molecule has 2 aliphatic heterocycles. The molecule has 1 saturated heterocycles. The maximum Gasteiger partial charge on any atom is 0.534 e. The average Bonchev–Trinajstić information content (AvgIpc) is 3.15. The van der Waals surface area contributed by atoms with E-state index in [1.807, 2.05) is 33.9 Å². The van der Waals surface area contributed by atoms with Crippen molar-refractivity contribution in [1.82, 2.24) is 0 Å². The average molecular weight is 471 g/mol. The van der Waals surface area contributed by atoms with Crippen LogP contribution >= 0.6 is 0 Å². The summed E-state index contributed by atoms with van der Waals surface area (Å²) in [5, 5.41) is -0.160. The first-order chi connectivity index (χ1) is 13.6. The van der Waals surface area contributed by atoms with Gasteiger partial charge in [-0.2, -0.15) is 21.6 Å². The zero-order valence-electron chi connectivity index (χ0n) is 17.5. The summed E-state index contributed by atoms with van der Waals surface area (Å²) in [5.41, 5.74) is -5.16. The number of hydrogen-bond acceptors (Lipinski definition) is 7. The third-order valence-corrected chi connectivity index (χ3v) is 11.0. The summed E-state index contributed by atoms with van der Waals surface area (Å²) < 4.78 is 89.3. The monoisotopic (exact) mass is 470 g/mol. The van der Waals surface area contributed by atoms with E-state index in [9.17, 15) is 21.6 Å². The van der Waals surface area contributed by atoms with E-state index < -0.39 is 36.0 Å². The van der Waals surface area contributed by atoms with Gasteiger partial charge in [-0.05, 0) is 24.6 Å². The third kappa shape index (κ3) is 3.84. The molecule has 2 heterocycles. The van der Waals surface area contributed by atoms with Gasteiger partial charge in [-0.25, -0.2) is 0 Å². The van der Waals surface area contributed by atoms with Gasteiger partial charge in [0.05, 0.1) is 19.6 Å². The standard InChI is InChI=1S/C18H25F3O7SSi/c1-17(2,3)30(5,6)28-11-9-12(24-4)14(27-29(22,23)18(19,20)21)15-13(11)10-7-8-25-16(10)26-15/h9-10,16H,7-8H2,1-6H3/t10-,16+/m0/s1. The van der Waals surface area contributed by atoms with Gasteiger partial charge in [0.1, 0.15) is 5.75 Å². The van der Waals surface area contributed by atoms with Crippen molar-refractivity contribution >= 4 is 18.4 Å². The minimum absolute atomic E-state index is 0.160. The Bertz CT molecular complexity index is 939. The van der Waals surface area contributed by atoms with Crippen LogP contribution in [0.25, 0.3) is 0 Å². The Hall–Kier alpha value is -1.66. The molecule has 0 unspecified atom stereocenters. The molecule has 0 saturated carbocycles. The number of alkyl halides is 3. The zero-order chi connectivity index (χ0) is 22.7. The Morgan fingerprint density at radius 2 is 1.80 bits per heavy atom. The topological polar surface area (TPSA) is 80.3 Å². The largest absolute Gasteiger partial charge is 0.543 e. The maximum atomic E-state index is 12.9. The molecular weight excluding hydrogens is 445 g/mol. The maximum absolute atomic E-state index is 12.9. The van der Waals surface area contributed by atoms with Crippen LogP contribution in [0.1, 0.15) is 38.7 Å².